The summed E-state index contributed by atoms with van der Waals surface area (Å²) in [6, 6.07) is 13.4. The molecule has 150 valence electrons. The van der Waals surface area contributed by atoms with Crippen LogP contribution in [0.1, 0.15) is 5.56 Å². The first-order valence-corrected chi connectivity index (χ1v) is 9.19. The first-order valence-electron chi connectivity index (χ1n) is 9.19. The topological polar surface area (TPSA) is 86.8 Å². The van der Waals surface area contributed by atoms with Crippen molar-refractivity contribution in [2.24, 2.45) is 0 Å². The number of aromatic nitrogens is 2. The largest absolute Gasteiger partial charge is 0.493 e. The number of methoxy groups -OCH3 is 2. The van der Waals surface area contributed by atoms with E-state index in [9.17, 15) is 0 Å². The number of hydrogen-bond donors (Lipinski definition) is 2. The van der Waals surface area contributed by atoms with Gasteiger partial charge < -0.3 is 29.6 Å². The van der Waals surface area contributed by atoms with Gasteiger partial charge in [0.25, 0.3) is 0 Å². The SMILES string of the molecule is COc1ccc(CCNc2nccc(Nc3ccc4c(c3)OCO4)n2)cc1OC. The second-order valence-electron chi connectivity index (χ2n) is 6.32. The number of anilines is 3. The third kappa shape index (κ3) is 4.43. The minimum absolute atomic E-state index is 0.250. The molecule has 1 aromatic heterocycles. The monoisotopic (exact) mass is 394 g/mol. The summed E-state index contributed by atoms with van der Waals surface area (Å²) < 4.78 is 21.3. The molecule has 2 N–H and O–H groups in total. The first kappa shape index (κ1) is 18.7. The van der Waals surface area contributed by atoms with Crippen LogP contribution in [0.15, 0.2) is 48.7 Å². The van der Waals surface area contributed by atoms with E-state index in [1.165, 1.54) is 0 Å². The summed E-state index contributed by atoms with van der Waals surface area (Å²) >= 11 is 0. The molecule has 8 nitrogen and oxygen atoms in total. The van der Waals surface area contributed by atoms with Crippen molar-refractivity contribution in [1.29, 1.82) is 0 Å². The summed E-state index contributed by atoms with van der Waals surface area (Å²) in [5.74, 6) is 4.14. The number of nitrogens with zero attached hydrogens (tertiary/aromatic N) is 2. The molecule has 0 aliphatic carbocycles. The van der Waals surface area contributed by atoms with Crippen molar-refractivity contribution in [3.05, 3.63) is 54.2 Å². The Morgan fingerprint density at radius 3 is 2.69 bits per heavy atom. The lowest BCUT2D eigenvalue weighted by molar-refractivity contribution is 0.174. The van der Waals surface area contributed by atoms with Gasteiger partial charge in [-0.1, -0.05) is 6.07 Å². The lowest BCUT2D eigenvalue weighted by Crippen LogP contribution is -2.09. The minimum Gasteiger partial charge on any atom is -0.493 e. The van der Waals surface area contributed by atoms with Crippen molar-refractivity contribution in [2.75, 3.05) is 38.2 Å². The summed E-state index contributed by atoms with van der Waals surface area (Å²) in [7, 11) is 3.26. The maximum Gasteiger partial charge on any atom is 0.231 e. The van der Waals surface area contributed by atoms with Gasteiger partial charge in [0.05, 0.1) is 14.2 Å². The Hall–Kier alpha value is -3.68. The van der Waals surface area contributed by atoms with Crippen molar-refractivity contribution in [3.8, 4) is 23.0 Å². The Morgan fingerprint density at radius 1 is 0.966 bits per heavy atom. The number of fused-ring (bicyclic) bond motifs is 1. The number of ether oxygens (including phenoxy) is 4. The molecule has 0 amide bonds. The smallest absolute Gasteiger partial charge is 0.231 e. The zero-order valence-corrected chi connectivity index (χ0v) is 16.3. The molecular formula is C21H22N4O4. The van der Waals surface area contributed by atoms with Crippen LogP contribution in [-0.2, 0) is 6.42 Å². The van der Waals surface area contributed by atoms with Crippen molar-refractivity contribution in [3.63, 3.8) is 0 Å². The van der Waals surface area contributed by atoms with E-state index in [1.54, 1.807) is 20.4 Å². The van der Waals surface area contributed by atoms with Crippen LogP contribution in [0.5, 0.6) is 23.0 Å². The molecule has 0 unspecified atom stereocenters. The molecule has 0 bridgehead atoms. The fourth-order valence-electron chi connectivity index (χ4n) is 2.99. The summed E-state index contributed by atoms with van der Waals surface area (Å²) in [4.78, 5) is 8.78. The van der Waals surface area contributed by atoms with E-state index >= 15 is 0 Å². The van der Waals surface area contributed by atoms with Crippen molar-refractivity contribution in [2.45, 2.75) is 6.42 Å². The summed E-state index contributed by atoms with van der Waals surface area (Å²) in [6.45, 7) is 0.934. The van der Waals surface area contributed by atoms with E-state index in [2.05, 4.69) is 20.6 Å². The maximum atomic E-state index is 5.40. The standard InChI is InChI=1S/C21H22N4O4/c1-26-16-5-3-14(11-18(16)27-2)7-9-22-21-23-10-8-20(25-21)24-15-4-6-17-19(12-15)29-13-28-17/h3-6,8,10-12H,7,9,13H2,1-2H3,(H2,22,23,24,25). The Kier molecular flexibility index (Phi) is 5.51. The average molecular weight is 394 g/mol. The quantitative estimate of drug-likeness (QED) is 0.599. The van der Waals surface area contributed by atoms with Crippen molar-refractivity contribution in [1.82, 2.24) is 9.97 Å². The summed E-state index contributed by atoms with van der Waals surface area (Å²) in [5.41, 5.74) is 1.99. The molecule has 0 atom stereocenters. The predicted molar refractivity (Wildman–Crippen MR) is 110 cm³/mol. The molecule has 0 radical (unpaired) electrons. The van der Waals surface area contributed by atoms with Crippen LogP contribution in [0.4, 0.5) is 17.5 Å². The van der Waals surface area contributed by atoms with E-state index in [-0.39, 0.29) is 6.79 Å². The Morgan fingerprint density at radius 2 is 1.83 bits per heavy atom. The minimum atomic E-state index is 0.250. The maximum absolute atomic E-state index is 5.40. The van der Waals surface area contributed by atoms with Gasteiger partial charge in [0, 0.05) is 24.5 Å². The van der Waals surface area contributed by atoms with E-state index < -0.39 is 0 Å². The molecule has 0 spiro atoms. The fourth-order valence-corrected chi connectivity index (χ4v) is 2.99. The highest BCUT2D eigenvalue weighted by molar-refractivity contribution is 5.62. The van der Waals surface area contributed by atoms with Crippen LogP contribution in [0.2, 0.25) is 0 Å². The van der Waals surface area contributed by atoms with Gasteiger partial charge in [0.15, 0.2) is 23.0 Å². The van der Waals surface area contributed by atoms with E-state index in [1.807, 2.05) is 42.5 Å². The lowest BCUT2D eigenvalue weighted by atomic mass is 10.1. The van der Waals surface area contributed by atoms with Crippen LogP contribution in [0, 0.1) is 0 Å². The van der Waals surface area contributed by atoms with Crippen LogP contribution < -0.4 is 29.6 Å². The zero-order valence-electron chi connectivity index (χ0n) is 16.3. The number of rotatable bonds is 8. The number of hydrogen-bond acceptors (Lipinski definition) is 8. The number of benzene rings is 2. The highest BCUT2D eigenvalue weighted by Crippen LogP contribution is 2.35. The molecule has 1 aliphatic heterocycles. The average Bonchev–Trinajstić information content (AvgIpc) is 3.22. The molecule has 2 aromatic carbocycles. The van der Waals surface area contributed by atoms with Gasteiger partial charge in [0.2, 0.25) is 12.7 Å². The van der Waals surface area contributed by atoms with Gasteiger partial charge >= 0.3 is 0 Å². The van der Waals surface area contributed by atoms with Gasteiger partial charge in [-0.25, -0.2) is 4.98 Å². The second-order valence-corrected chi connectivity index (χ2v) is 6.32. The molecule has 0 fully saturated rings. The Labute approximate surface area is 168 Å². The molecule has 0 saturated heterocycles. The van der Waals surface area contributed by atoms with Crippen LogP contribution >= 0.6 is 0 Å². The Balaban J connectivity index is 1.35. The predicted octanol–water partition coefficient (Wildman–Crippen LogP) is 3.62. The third-order valence-electron chi connectivity index (χ3n) is 4.45. The highest BCUT2D eigenvalue weighted by atomic mass is 16.7. The molecule has 1 aliphatic rings. The van der Waals surface area contributed by atoms with Gasteiger partial charge in [-0.15, -0.1) is 0 Å². The molecule has 8 heteroatoms. The normalized spacial score (nSPS) is 11.8. The van der Waals surface area contributed by atoms with Crippen LogP contribution in [-0.4, -0.2) is 37.5 Å². The van der Waals surface area contributed by atoms with Crippen molar-refractivity contribution < 1.29 is 18.9 Å². The molecule has 4 rings (SSSR count). The van der Waals surface area contributed by atoms with Crippen LogP contribution in [0.3, 0.4) is 0 Å². The van der Waals surface area contributed by atoms with Gasteiger partial charge in [0.1, 0.15) is 5.82 Å². The van der Waals surface area contributed by atoms with Gasteiger partial charge in [-0.2, -0.15) is 4.98 Å². The van der Waals surface area contributed by atoms with E-state index in [0.717, 1.165) is 40.7 Å². The molecule has 2 heterocycles. The van der Waals surface area contributed by atoms with Gasteiger partial charge in [-0.05, 0) is 42.3 Å². The second kappa shape index (κ2) is 8.55. The van der Waals surface area contributed by atoms with E-state index in [0.29, 0.717) is 18.3 Å². The molecule has 3 aromatic rings. The van der Waals surface area contributed by atoms with E-state index in [4.69, 9.17) is 18.9 Å². The number of nitrogens with one attached hydrogen (secondary N) is 2. The molecular weight excluding hydrogens is 372 g/mol. The summed E-state index contributed by atoms with van der Waals surface area (Å²) in [5, 5.41) is 6.50. The van der Waals surface area contributed by atoms with Crippen molar-refractivity contribution >= 4 is 17.5 Å². The molecule has 0 saturated carbocycles. The summed E-state index contributed by atoms with van der Waals surface area (Å²) in [6.07, 6.45) is 2.50. The lowest BCUT2D eigenvalue weighted by Gasteiger charge is -2.11. The van der Waals surface area contributed by atoms with Gasteiger partial charge in [-0.3, -0.25) is 0 Å². The van der Waals surface area contributed by atoms with Crippen LogP contribution in [0.25, 0.3) is 0 Å². The third-order valence-corrected chi connectivity index (χ3v) is 4.45. The highest BCUT2D eigenvalue weighted by Gasteiger charge is 2.13. The molecule has 29 heavy (non-hydrogen) atoms. The zero-order chi connectivity index (χ0) is 20.1. The Bertz CT molecular complexity index is 996. The first-order chi connectivity index (χ1) is 14.2. The fraction of sp³-hybridized carbons (Fsp3) is 0.238.